The lowest BCUT2D eigenvalue weighted by atomic mass is 9.77. The first-order valence-electron chi connectivity index (χ1n) is 12.0. The van der Waals surface area contributed by atoms with Gasteiger partial charge in [0.05, 0.1) is 24.2 Å². The van der Waals surface area contributed by atoms with E-state index >= 15 is 0 Å². The predicted octanol–water partition coefficient (Wildman–Crippen LogP) is 1.38. The number of likely N-dealkylation sites (tertiary alicyclic amines) is 1. The maximum absolute atomic E-state index is 13.4. The molecule has 2 N–H and O–H groups in total. The smallest absolute Gasteiger partial charge is 0.358 e. The van der Waals surface area contributed by atoms with Gasteiger partial charge in [-0.1, -0.05) is 27.7 Å². The zero-order valence-corrected chi connectivity index (χ0v) is 22.3. The minimum absolute atomic E-state index is 0.0308. The Labute approximate surface area is 195 Å². The average molecular weight is 483 g/mol. The normalized spacial score (nSPS) is 29.7. The van der Waals surface area contributed by atoms with E-state index in [1.807, 2.05) is 6.92 Å². The van der Waals surface area contributed by atoms with Gasteiger partial charge < -0.3 is 24.0 Å². The molecule has 2 unspecified atom stereocenters. The molecule has 0 radical (unpaired) electrons. The molecule has 11 heteroatoms. The number of β-amino-alcohol motifs (C(OH)–C–C–N with tert-alkyl or cyclic N) is 1. The summed E-state index contributed by atoms with van der Waals surface area (Å²) in [7, 11) is -0.283. The number of amides is 1. The Morgan fingerprint density at radius 2 is 2.00 bits per heavy atom. The maximum Gasteiger partial charge on any atom is 0.358 e. The number of carbonyl (C=O) groups excluding carboxylic acids is 2. The number of carbonyl (C=O) groups is 2. The molecular formula is C21H39BN3O5PSi. The standard InChI is InChI=1S/C21H39BN3O5PSi/c1-6-32(7-2,8-3)30-14(5)17-18-13(4)16(12-24-10-9-15(26)11-24)19(25(18)20(17)27)21(28)29-31-23-22/h13-15,17-18,23,26,31H,6-12,22H2,1-5H3/t13-,14+,15+,17?,18+/m0/s1. The van der Waals surface area contributed by atoms with Crippen molar-refractivity contribution < 1.29 is 23.6 Å². The van der Waals surface area contributed by atoms with Crippen molar-refractivity contribution >= 4 is 37.1 Å². The fourth-order valence-electron chi connectivity index (χ4n) is 5.64. The van der Waals surface area contributed by atoms with Gasteiger partial charge in [0.2, 0.25) is 5.91 Å². The Morgan fingerprint density at radius 3 is 2.53 bits per heavy atom. The van der Waals surface area contributed by atoms with Gasteiger partial charge in [-0.05, 0) is 37.0 Å². The molecule has 3 aliphatic heterocycles. The largest absolute Gasteiger partial charge is 0.428 e. The van der Waals surface area contributed by atoms with Gasteiger partial charge in [0.25, 0.3) is 0 Å². The van der Waals surface area contributed by atoms with E-state index in [4.69, 9.17) is 8.95 Å². The molecule has 2 fully saturated rings. The third-order valence-electron chi connectivity index (χ3n) is 7.75. The van der Waals surface area contributed by atoms with Crippen LogP contribution in [0.1, 0.15) is 41.0 Å². The first kappa shape index (κ1) is 25.8. The highest BCUT2D eigenvalue weighted by atomic mass is 31.1. The maximum atomic E-state index is 13.4. The molecule has 32 heavy (non-hydrogen) atoms. The number of rotatable bonds is 11. The van der Waals surface area contributed by atoms with Crippen LogP contribution in [0.3, 0.4) is 0 Å². The summed E-state index contributed by atoms with van der Waals surface area (Å²) in [6, 6.07) is 3.05. The SMILES string of the molecule is BNPOC(=O)C1=C(CN2CC[C@@H](O)C2)[C@H](C)[C@@H]2C([C@@H](C)O[Si](CC)(CC)CC)C(=O)N12. The molecule has 180 valence electrons. The Balaban J connectivity index is 1.84. The second kappa shape index (κ2) is 10.7. The molecule has 3 rings (SSSR count). The van der Waals surface area contributed by atoms with Gasteiger partial charge >= 0.3 is 5.97 Å². The summed E-state index contributed by atoms with van der Waals surface area (Å²) in [4.78, 5) is 33.0. The number of fused-ring (bicyclic) bond motifs is 1. The second-order valence-electron chi connectivity index (χ2n) is 9.37. The van der Waals surface area contributed by atoms with E-state index < -0.39 is 14.3 Å². The number of nitrogens with one attached hydrogen (secondary N) is 1. The number of nitrogens with zero attached hydrogens (tertiary/aromatic N) is 2. The third kappa shape index (κ3) is 4.72. The van der Waals surface area contributed by atoms with E-state index in [0.29, 0.717) is 18.8 Å². The van der Waals surface area contributed by atoms with Gasteiger partial charge in [0, 0.05) is 25.6 Å². The number of hydrogen-bond acceptors (Lipinski definition) is 7. The zero-order chi connectivity index (χ0) is 23.6. The number of hydrogen-bond donors (Lipinski definition) is 2. The van der Waals surface area contributed by atoms with E-state index in [1.165, 1.54) is 0 Å². The lowest BCUT2D eigenvalue weighted by Gasteiger charge is -2.49. The number of aliphatic hydroxyl groups is 1. The van der Waals surface area contributed by atoms with Crippen LogP contribution in [0.4, 0.5) is 0 Å². The van der Waals surface area contributed by atoms with Crippen LogP contribution in [0, 0.1) is 11.8 Å². The van der Waals surface area contributed by atoms with Crippen molar-refractivity contribution in [1.29, 1.82) is 0 Å². The summed E-state index contributed by atoms with van der Waals surface area (Å²) in [6.07, 6.45) is 0.241. The highest BCUT2D eigenvalue weighted by Crippen LogP contribution is 2.49. The van der Waals surface area contributed by atoms with Gasteiger partial charge in [-0.3, -0.25) is 9.69 Å². The van der Waals surface area contributed by atoms with Gasteiger partial charge in [0.15, 0.2) is 16.3 Å². The molecule has 0 spiro atoms. The minimum Gasteiger partial charge on any atom is -0.428 e. The molecule has 8 nitrogen and oxygen atoms in total. The summed E-state index contributed by atoms with van der Waals surface area (Å²) in [5, 5.41) is 9.95. The molecular weight excluding hydrogens is 444 g/mol. The summed E-state index contributed by atoms with van der Waals surface area (Å²) in [5.74, 6) is -0.668. The van der Waals surface area contributed by atoms with Gasteiger partial charge in [0.1, 0.15) is 14.7 Å². The first-order valence-corrected chi connectivity index (χ1v) is 15.4. The van der Waals surface area contributed by atoms with Crippen LogP contribution in [0.25, 0.3) is 0 Å². The van der Waals surface area contributed by atoms with Crippen LogP contribution in [-0.4, -0.2) is 81.0 Å². The van der Waals surface area contributed by atoms with Crippen LogP contribution in [-0.2, 0) is 18.5 Å². The van der Waals surface area contributed by atoms with E-state index in [-0.39, 0.29) is 45.0 Å². The summed E-state index contributed by atoms with van der Waals surface area (Å²) >= 11 is 0. The monoisotopic (exact) mass is 483 g/mol. The third-order valence-corrected chi connectivity index (χ3v) is 13.0. The van der Waals surface area contributed by atoms with Crippen LogP contribution >= 0.6 is 8.96 Å². The average Bonchev–Trinajstić information content (AvgIpc) is 3.29. The van der Waals surface area contributed by atoms with Gasteiger partial charge in [-0.2, -0.15) is 0 Å². The van der Waals surface area contributed by atoms with Crippen LogP contribution < -0.4 is 5.00 Å². The lowest BCUT2D eigenvalue weighted by molar-refractivity contribution is -0.161. The van der Waals surface area contributed by atoms with Crippen molar-refractivity contribution in [2.45, 2.75) is 77.4 Å². The van der Waals surface area contributed by atoms with Crippen LogP contribution in [0.2, 0.25) is 18.1 Å². The Bertz CT molecular complexity index is 745. The van der Waals surface area contributed by atoms with Crippen molar-refractivity contribution in [3.05, 3.63) is 11.3 Å². The molecule has 0 aliphatic carbocycles. The number of aliphatic hydroxyl groups excluding tert-OH is 1. The van der Waals surface area contributed by atoms with Gasteiger partial charge in [-0.15, -0.1) is 0 Å². The van der Waals surface area contributed by atoms with Crippen molar-refractivity contribution in [2.75, 3.05) is 19.6 Å². The molecule has 0 bridgehead atoms. The molecule has 2 saturated heterocycles. The topological polar surface area (TPSA) is 91.3 Å². The highest BCUT2D eigenvalue weighted by Gasteiger charge is 2.61. The van der Waals surface area contributed by atoms with Crippen molar-refractivity contribution in [2.24, 2.45) is 11.8 Å². The quantitative estimate of drug-likeness (QED) is 0.261. The summed E-state index contributed by atoms with van der Waals surface area (Å²) in [5.41, 5.74) is 1.35. The van der Waals surface area contributed by atoms with E-state index in [2.05, 4.69) is 37.6 Å². The molecule has 3 aliphatic rings. The Kier molecular flexibility index (Phi) is 8.61. The van der Waals surface area contributed by atoms with E-state index in [1.54, 1.807) is 12.9 Å². The summed E-state index contributed by atoms with van der Waals surface area (Å²) < 4.78 is 12.1. The predicted molar refractivity (Wildman–Crippen MR) is 131 cm³/mol. The highest BCUT2D eigenvalue weighted by molar-refractivity contribution is 7.32. The van der Waals surface area contributed by atoms with Crippen molar-refractivity contribution in [3.63, 3.8) is 0 Å². The fraction of sp³-hybridized carbons (Fsp3) is 0.810. The molecule has 3 heterocycles. The minimum atomic E-state index is -1.85. The molecule has 0 aromatic rings. The lowest BCUT2D eigenvalue weighted by Crippen LogP contribution is -2.65. The molecule has 0 aromatic carbocycles. The zero-order valence-electron chi connectivity index (χ0n) is 20.3. The fourth-order valence-corrected chi connectivity index (χ4v) is 8.87. The van der Waals surface area contributed by atoms with Crippen LogP contribution in [0.15, 0.2) is 11.3 Å². The van der Waals surface area contributed by atoms with E-state index in [0.717, 1.165) is 36.7 Å². The Morgan fingerprint density at radius 1 is 1.34 bits per heavy atom. The van der Waals surface area contributed by atoms with E-state index in [9.17, 15) is 14.7 Å². The van der Waals surface area contributed by atoms with Crippen molar-refractivity contribution in [3.8, 4) is 0 Å². The first-order chi connectivity index (χ1) is 15.2. The van der Waals surface area contributed by atoms with Gasteiger partial charge in [-0.25, -0.2) is 4.79 Å². The Hall–Kier alpha value is -0.768. The molecule has 1 amide bonds. The summed E-state index contributed by atoms with van der Waals surface area (Å²) in [6.45, 7) is 12.7. The van der Waals surface area contributed by atoms with Crippen molar-refractivity contribution in [1.82, 2.24) is 14.8 Å². The molecule has 6 atom stereocenters. The molecule has 0 saturated carbocycles. The number of β-lactam (4-membered cyclic amide) rings is 1. The molecule has 0 aromatic heterocycles. The second-order valence-corrected chi connectivity index (χ2v) is 15.0. The van der Waals surface area contributed by atoms with Crippen LogP contribution in [0.5, 0.6) is 0 Å².